The number of hydrogen-bond donors (Lipinski definition) is 3. The maximum atomic E-state index is 13.2. The zero-order chi connectivity index (χ0) is 27.2. The number of hydrogen-bond acceptors (Lipinski definition) is 7. The molecule has 3 aromatic rings. The summed E-state index contributed by atoms with van der Waals surface area (Å²) in [5.74, 6) is -1.11. The van der Waals surface area contributed by atoms with Crippen LogP contribution in [-0.2, 0) is 14.4 Å². The number of amides is 2. The number of anilines is 2. The van der Waals surface area contributed by atoms with Gasteiger partial charge >= 0.3 is 5.97 Å². The molecule has 0 aromatic heterocycles. The van der Waals surface area contributed by atoms with Gasteiger partial charge < -0.3 is 20.3 Å². The predicted molar refractivity (Wildman–Crippen MR) is 146 cm³/mol. The molecule has 0 saturated carbocycles. The smallest absolute Gasteiger partial charge is 0.338 e. The highest BCUT2D eigenvalue weighted by molar-refractivity contribution is 6.37. The lowest BCUT2D eigenvalue weighted by molar-refractivity contribution is -0.110. The summed E-state index contributed by atoms with van der Waals surface area (Å²) in [7, 11) is 5.17. The number of carbonyl (C=O) groups excluding carboxylic acids is 3. The molecule has 0 unspecified atom stereocenters. The number of carbonyl (C=O) groups is 3. The van der Waals surface area contributed by atoms with Crippen LogP contribution in [0.3, 0.4) is 0 Å². The van der Waals surface area contributed by atoms with E-state index in [9.17, 15) is 14.4 Å². The van der Waals surface area contributed by atoms with Gasteiger partial charge in [0.05, 0.1) is 36.2 Å². The standard InChI is InChI=1S/C29H30N4O5/c1-18-16-23-24(17-22(18)29(36)37-4)31-28(35)25(23)26(19-8-6-5-7-9-19)30-21-12-10-20(11-13-21)27(34)32-38-15-14-33(2)3/h5-13,16-17,30H,14-15H2,1-4H3,(H,31,35)(H,32,34)/b26-25-. The van der Waals surface area contributed by atoms with Crippen molar-refractivity contribution in [2.45, 2.75) is 6.92 Å². The van der Waals surface area contributed by atoms with Gasteiger partial charge in [-0.05, 0) is 68.5 Å². The van der Waals surface area contributed by atoms with Crippen LogP contribution in [0, 0.1) is 6.92 Å². The molecule has 1 heterocycles. The van der Waals surface area contributed by atoms with Crippen molar-refractivity contribution in [3.8, 4) is 0 Å². The zero-order valence-corrected chi connectivity index (χ0v) is 21.8. The second kappa shape index (κ2) is 11.7. The van der Waals surface area contributed by atoms with Crippen molar-refractivity contribution in [1.29, 1.82) is 0 Å². The first kappa shape index (κ1) is 26.6. The highest BCUT2D eigenvalue weighted by Crippen LogP contribution is 2.39. The van der Waals surface area contributed by atoms with Gasteiger partial charge in [-0.3, -0.25) is 14.4 Å². The summed E-state index contributed by atoms with van der Waals surface area (Å²) >= 11 is 0. The number of aryl methyl sites for hydroxylation is 1. The van der Waals surface area contributed by atoms with Gasteiger partial charge in [0.1, 0.15) is 0 Å². The van der Waals surface area contributed by atoms with Gasteiger partial charge in [0.2, 0.25) is 0 Å². The highest BCUT2D eigenvalue weighted by Gasteiger charge is 2.30. The lowest BCUT2D eigenvalue weighted by Crippen LogP contribution is -2.28. The molecule has 3 N–H and O–H groups in total. The first-order chi connectivity index (χ1) is 18.3. The quantitative estimate of drug-likeness (QED) is 0.172. The van der Waals surface area contributed by atoms with Crippen molar-refractivity contribution in [2.24, 2.45) is 0 Å². The Morgan fingerprint density at radius 3 is 2.34 bits per heavy atom. The number of ether oxygens (including phenoxy) is 1. The summed E-state index contributed by atoms with van der Waals surface area (Å²) in [5.41, 5.74) is 7.70. The summed E-state index contributed by atoms with van der Waals surface area (Å²) in [5, 5.41) is 6.24. The predicted octanol–water partition coefficient (Wildman–Crippen LogP) is 3.94. The third kappa shape index (κ3) is 5.91. The number of esters is 1. The Morgan fingerprint density at radius 1 is 0.974 bits per heavy atom. The fraction of sp³-hybridized carbons (Fsp3) is 0.207. The Bertz CT molecular complexity index is 1380. The molecule has 0 bridgehead atoms. The number of nitrogens with zero attached hydrogens (tertiary/aromatic N) is 1. The molecule has 0 radical (unpaired) electrons. The second-order valence-electron chi connectivity index (χ2n) is 9.06. The maximum Gasteiger partial charge on any atom is 0.338 e. The van der Waals surface area contributed by atoms with Crippen molar-refractivity contribution in [3.63, 3.8) is 0 Å². The fourth-order valence-electron chi connectivity index (χ4n) is 4.04. The Kier molecular flexibility index (Phi) is 8.20. The van der Waals surface area contributed by atoms with Gasteiger partial charge in [-0.2, -0.15) is 0 Å². The molecule has 1 aliphatic rings. The van der Waals surface area contributed by atoms with Gasteiger partial charge in [0.25, 0.3) is 11.8 Å². The van der Waals surface area contributed by atoms with Crippen molar-refractivity contribution in [3.05, 3.63) is 94.5 Å². The number of rotatable bonds is 9. The van der Waals surface area contributed by atoms with Gasteiger partial charge in [-0.25, -0.2) is 10.3 Å². The van der Waals surface area contributed by atoms with Crippen molar-refractivity contribution >= 4 is 40.4 Å². The molecule has 0 atom stereocenters. The number of likely N-dealkylation sites (N-methyl/N-ethyl adjacent to an activating group) is 1. The number of nitrogens with one attached hydrogen (secondary N) is 3. The first-order valence-corrected chi connectivity index (χ1v) is 12.1. The fourth-order valence-corrected chi connectivity index (χ4v) is 4.04. The lowest BCUT2D eigenvalue weighted by atomic mass is 9.96. The van der Waals surface area contributed by atoms with Crippen LogP contribution in [-0.4, -0.2) is 57.0 Å². The van der Waals surface area contributed by atoms with Crippen molar-refractivity contribution in [2.75, 3.05) is 45.0 Å². The van der Waals surface area contributed by atoms with Crippen LogP contribution < -0.4 is 16.1 Å². The number of benzene rings is 3. The van der Waals surface area contributed by atoms with Crippen LogP contribution in [0.4, 0.5) is 11.4 Å². The third-order valence-corrected chi connectivity index (χ3v) is 6.05. The van der Waals surface area contributed by atoms with E-state index >= 15 is 0 Å². The van der Waals surface area contributed by atoms with E-state index in [0.717, 1.165) is 5.56 Å². The highest BCUT2D eigenvalue weighted by atomic mass is 16.7. The molecule has 38 heavy (non-hydrogen) atoms. The summed E-state index contributed by atoms with van der Waals surface area (Å²) in [6, 6.07) is 19.8. The first-order valence-electron chi connectivity index (χ1n) is 12.1. The van der Waals surface area contributed by atoms with Gasteiger partial charge in [-0.15, -0.1) is 0 Å². The average molecular weight is 515 g/mol. The monoisotopic (exact) mass is 514 g/mol. The molecule has 9 nitrogen and oxygen atoms in total. The number of fused-ring (bicyclic) bond motifs is 1. The molecule has 2 amide bonds. The molecular formula is C29H30N4O5. The third-order valence-electron chi connectivity index (χ3n) is 6.05. The number of methoxy groups -OCH3 is 1. The van der Waals surface area contributed by atoms with E-state index in [2.05, 4.69) is 16.1 Å². The molecule has 0 spiro atoms. The van der Waals surface area contributed by atoms with E-state index in [1.807, 2.05) is 55.4 Å². The Balaban J connectivity index is 1.65. The van der Waals surface area contributed by atoms with Gasteiger partial charge in [0.15, 0.2) is 0 Å². The van der Waals surface area contributed by atoms with Crippen LogP contribution in [0.1, 0.15) is 37.4 Å². The van der Waals surface area contributed by atoms with Crippen LogP contribution >= 0.6 is 0 Å². The van der Waals surface area contributed by atoms with Crippen LogP contribution in [0.25, 0.3) is 11.3 Å². The lowest BCUT2D eigenvalue weighted by Gasteiger charge is -2.16. The van der Waals surface area contributed by atoms with E-state index in [0.29, 0.717) is 58.1 Å². The Hall–Kier alpha value is -4.47. The molecule has 3 aromatic carbocycles. The van der Waals surface area contributed by atoms with Crippen LogP contribution in [0.5, 0.6) is 0 Å². The van der Waals surface area contributed by atoms with Crippen LogP contribution in [0.2, 0.25) is 0 Å². The second-order valence-corrected chi connectivity index (χ2v) is 9.06. The average Bonchev–Trinajstić information content (AvgIpc) is 3.23. The molecular weight excluding hydrogens is 484 g/mol. The zero-order valence-electron chi connectivity index (χ0n) is 21.8. The molecule has 0 saturated heterocycles. The topological polar surface area (TPSA) is 109 Å². The molecule has 0 fully saturated rings. The Morgan fingerprint density at radius 2 is 1.68 bits per heavy atom. The summed E-state index contributed by atoms with van der Waals surface area (Å²) in [6.45, 7) is 2.85. The van der Waals surface area contributed by atoms with Gasteiger partial charge in [0, 0.05) is 23.4 Å². The van der Waals surface area contributed by atoms with E-state index in [-0.39, 0.29) is 11.8 Å². The van der Waals surface area contributed by atoms with E-state index in [1.165, 1.54) is 7.11 Å². The molecule has 1 aliphatic heterocycles. The Labute approximate surface area is 221 Å². The molecule has 196 valence electrons. The van der Waals surface area contributed by atoms with E-state index in [1.54, 1.807) is 37.3 Å². The van der Waals surface area contributed by atoms with Gasteiger partial charge in [-0.1, -0.05) is 30.3 Å². The molecule has 0 aliphatic carbocycles. The van der Waals surface area contributed by atoms with Crippen molar-refractivity contribution in [1.82, 2.24) is 10.4 Å². The summed E-state index contributed by atoms with van der Waals surface area (Å²) in [6.07, 6.45) is 0. The minimum atomic E-state index is -0.467. The van der Waals surface area contributed by atoms with E-state index in [4.69, 9.17) is 9.57 Å². The number of hydroxylamine groups is 1. The SMILES string of the molecule is COC(=O)c1cc2c(cc1C)/C(=C(/Nc1ccc(C(=O)NOCCN(C)C)cc1)c1ccccc1)C(=O)N2. The largest absolute Gasteiger partial charge is 0.465 e. The van der Waals surface area contributed by atoms with E-state index < -0.39 is 5.97 Å². The minimum Gasteiger partial charge on any atom is -0.465 e. The normalized spacial score (nSPS) is 13.6. The maximum absolute atomic E-state index is 13.2. The minimum absolute atomic E-state index is 0.293. The summed E-state index contributed by atoms with van der Waals surface area (Å²) < 4.78 is 4.88. The van der Waals surface area contributed by atoms with Crippen LogP contribution in [0.15, 0.2) is 66.7 Å². The van der Waals surface area contributed by atoms with Crippen molar-refractivity contribution < 1.29 is 24.0 Å². The molecule has 9 heteroatoms. The summed E-state index contributed by atoms with van der Waals surface area (Å²) in [4.78, 5) is 45.0. The molecule has 4 rings (SSSR count).